The van der Waals surface area contributed by atoms with E-state index in [0.717, 1.165) is 0 Å². The third-order valence-corrected chi connectivity index (χ3v) is 0.0970. The summed E-state index contributed by atoms with van der Waals surface area (Å²) < 4.78 is 20.7. The van der Waals surface area contributed by atoms with Crippen molar-refractivity contribution in [3.05, 3.63) is 0 Å². The van der Waals surface area contributed by atoms with E-state index in [2.05, 4.69) is 0 Å². The highest BCUT2D eigenvalue weighted by Crippen LogP contribution is 2.07. The van der Waals surface area contributed by atoms with Crippen LogP contribution in [0.3, 0.4) is 0 Å². The minimum Gasteiger partial charge on any atom is -0.144 e. The molecule has 0 atom stereocenters. The topological polar surface area (TPSA) is 49.0 Å². The van der Waals surface area contributed by atoms with Gasteiger partial charge in [-0.25, -0.2) is 0 Å². The van der Waals surface area contributed by atoms with Gasteiger partial charge in [-0.05, 0) is 5.26 Å². The van der Waals surface area contributed by atoms with Gasteiger partial charge in [0, 0.05) is 0 Å². The van der Waals surface area contributed by atoms with Crippen molar-refractivity contribution in [1.29, 1.82) is 0 Å². The summed E-state index contributed by atoms with van der Waals surface area (Å²) >= 11 is 0. The molecule has 0 spiro atoms. The summed E-state index contributed by atoms with van der Waals surface area (Å²) in [4.78, 5) is 1.80. The molecular weight excluding hydrogens is 98.0 g/mol. The maximum absolute atomic E-state index is 10.4. The first-order valence-electron chi connectivity index (χ1n) is 0.953. The number of rotatable bonds is 1. The minimum absolute atomic E-state index is 1.80. The second kappa shape index (κ2) is 1.46. The Morgan fingerprint density at radius 1 is 1.50 bits per heavy atom. The normalized spacial score (nSPS) is 12.0. The average molecular weight is 98.0 g/mol. The Kier molecular flexibility index (Phi) is 1.40. The molecule has 0 saturated carbocycles. The molecule has 0 unspecified atom stereocenters. The van der Waals surface area contributed by atoms with Gasteiger partial charge in [0.2, 0.25) is 0 Å². The molecule has 0 rings (SSSR count). The van der Waals surface area contributed by atoms with E-state index in [0.29, 0.717) is 0 Å². The Labute approximate surface area is 31.7 Å². The van der Waals surface area contributed by atoms with Crippen LogP contribution in [0.5, 0.6) is 0 Å². The molecule has 6 heavy (non-hydrogen) atoms. The van der Waals surface area contributed by atoms with Crippen molar-refractivity contribution in [1.82, 2.24) is 0 Å². The predicted octanol–water partition coefficient (Wildman–Crippen LogP) is 0.329. The highest BCUT2D eigenvalue weighted by molar-refractivity contribution is 4.07. The summed E-state index contributed by atoms with van der Waals surface area (Å²) in [7, 11) is 0. The number of alkyl halides is 2. The Bertz CT molecular complexity index is 38.5. The van der Waals surface area contributed by atoms with Crippen molar-refractivity contribution in [2.75, 3.05) is 0 Å². The molecule has 0 aliphatic carbocycles. The number of halogens is 2. The maximum Gasteiger partial charge on any atom is 0.542 e. The summed E-state index contributed by atoms with van der Waals surface area (Å²) in [6.45, 7) is 0. The van der Waals surface area contributed by atoms with Gasteiger partial charge in [-0.2, -0.15) is 0 Å². The van der Waals surface area contributed by atoms with Crippen LogP contribution in [0.15, 0.2) is 0 Å². The zero-order valence-corrected chi connectivity index (χ0v) is 2.48. The Balaban J connectivity index is 3.17. The first-order chi connectivity index (χ1) is 2.56. The largest absolute Gasteiger partial charge is 0.542 e. The van der Waals surface area contributed by atoms with Crippen molar-refractivity contribution in [3.63, 3.8) is 0 Å². The van der Waals surface area contributed by atoms with E-state index in [4.69, 9.17) is 10.4 Å². The number of hydrogen-bond donors (Lipinski definition) is 0. The summed E-state index contributed by atoms with van der Waals surface area (Å²) in [5.74, 6) is 0. The summed E-state index contributed by atoms with van der Waals surface area (Å²) in [6, 6.07) is 0. The summed E-state index contributed by atoms with van der Waals surface area (Å²) in [6.07, 6.45) is -4.76. The van der Waals surface area contributed by atoms with Gasteiger partial charge in [0.05, 0.1) is 0 Å². The van der Waals surface area contributed by atoms with Crippen molar-refractivity contribution in [3.8, 4) is 0 Å². The summed E-state index contributed by atoms with van der Waals surface area (Å²) in [5.41, 5.74) is 0. The molecule has 0 saturated heterocycles. The van der Waals surface area contributed by atoms with Gasteiger partial charge < -0.3 is 0 Å². The van der Waals surface area contributed by atoms with E-state index in [1.165, 1.54) is 0 Å². The lowest BCUT2D eigenvalue weighted by Gasteiger charge is -1.92. The summed E-state index contributed by atoms with van der Waals surface area (Å²) in [5, 5.41) is 17.0. The van der Waals surface area contributed by atoms with Crippen molar-refractivity contribution in [2.24, 2.45) is 0 Å². The molecular formula is CF2O3. The Morgan fingerprint density at radius 3 is 1.67 bits per heavy atom. The van der Waals surface area contributed by atoms with E-state index in [-0.39, 0.29) is 0 Å². The molecule has 5 heteroatoms. The highest BCUT2D eigenvalue weighted by atomic mass is 19.3. The predicted molar refractivity (Wildman–Crippen MR) is 7.40 cm³/mol. The molecule has 0 amide bonds. The highest BCUT2D eigenvalue weighted by Gasteiger charge is 2.29. The van der Waals surface area contributed by atoms with Crippen LogP contribution in [-0.2, 0) is 15.3 Å². The van der Waals surface area contributed by atoms with Gasteiger partial charge in [-0.15, -0.1) is 13.9 Å². The lowest BCUT2D eigenvalue weighted by atomic mass is 11.3. The zero-order valence-electron chi connectivity index (χ0n) is 2.48. The molecule has 36 valence electrons. The molecule has 0 aromatic carbocycles. The van der Waals surface area contributed by atoms with Crippen LogP contribution in [0.4, 0.5) is 8.78 Å². The third-order valence-electron chi connectivity index (χ3n) is 0.0970. The number of hydrogen-bond acceptors (Lipinski definition) is 1. The van der Waals surface area contributed by atoms with Gasteiger partial charge in [0.15, 0.2) is 0 Å². The molecule has 2 radical (unpaired) electrons. The SMILES string of the molecule is [O]OC([O])(F)F. The molecule has 0 heterocycles. The van der Waals surface area contributed by atoms with E-state index in [9.17, 15) is 8.78 Å². The standard InChI is InChI=1S/CF2O3/c2-1(3,4)6-5. The van der Waals surface area contributed by atoms with Crippen LogP contribution in [0.2, 0.25) is 0 Å². The van der Waals surface area contributed by atoms with Gasteiger partial charge in [-0.3, -0.25) is 0 Å². The average Bonchev–Trinajstić information content (AvgIpc) is 1.35. The van der Waals surface area contributed by atoms with Crippen LogP contribution in [-0.4, -0.2) is 6.29 Å². The lowest BCUT2D eigenvalue weighted by Crippen LogP contribution is -2.13. The van der Waals surface area contributed by atoms with E-state index >= 15 is 0 Å². The Hall–Kier alpha value is -0.260. The fraction of sp³-hybridized carbons (Fsp3) is 1.00. The van der Waals surface area contributed by atoms with Crippen LogP contribution in [0.1, 0.15) is 0 Å². The van der Waals surface area contributed by atoms with Gasteiger partial charge in [0.1, 0.15) is 0 Å². The van der Waals surface area contributed by atoms with Gasteiger partial charge in [0.25, 0.3) is 0 Å². The van der Waals surface area contributed by atoms with Gasteiger partial charge in [-0.1, -0.05) is 4.89 Å². The molecule has 0 fully saturated rings. The van der Waals surface area contributed by atoms with Gasteiger partial charge >= 0.3 is 6.29 Å². The molecule has 0 aliphatic heterocycles. The lowest BCUT2D eigenvalue weighted by molar-refractivity contribution is -0.537. The third kappa shape index (κ3) is 3.74. The van der Waals surface area contributed by atoms with Crippen molar-refractivity contribution in [2.45, 2.75) is 6.29 Å². The molecule has 0 aromatic rings. The maximum atomic E-state index is 10.4. The molecule has 0 aromatic heterocycles. The second-order valence-corrected chi connectivity index (χ2v) is 0.547. The fourth-order valence-corrected chi connectivity index (χ4v) is 0. The zero-order chi connectivity index (χ0) is 5.21. The smallest absolute Gasteiger partial charge is 0.144 e. The monoisotopic (exact) mass is 98.0 g/mol. The molecule has 0 bridgehead atoms. The van der Waals surface area contributed by atoms with E-state index < -0.39 is 6.29 Å². The van der Waals surface area contributed by atoms with Crippen LogP contribution in [0.25, 0.3) is 0 Å². The molecule has 0 N–H and O–H groups in total. The second-order valence-electron chi connectivity index (χ2n) is 0.547. The first-order valence-corrected chi connectivity index (χ1v) is 0.953. The van der Waals surface area contributed by atoms with Crippen molar-refractivity contribution >= 4 is 0 Å². The molecule has 0 aliphatic rings. The first kappa shape index (κ1) is 5.74. The van der Waals surface area contributed by atoms with Crippen LogP contribution in [0, 0.1) is 0 Å². The molecule has 3 nitrogen and oxygen atoms in total. The Morgan fingerprint density at radius 2 is 1.67 bits per heavy atom. The van der Waals surface area contributed by atoms with Crippen molar-refractivity contribution < 1.29 is 24.0 Å². The fourth-order valence-electron chi connectivity index (χ4n) is 0. The minimum atomic E-state index is -4.76. The van der Waals surface area contributed by atoms with E-state index in [1.54, 1.807) is 4.89 Å². The quantitative estimate of drug-likeness (QED) is 0.265. The van der Waals surface area contributed by atoms with Crippen LogP contribution >= 0.6 is 0 Å². The van der Waals surface area contributed by atoms with E-state index in [1.807, 2.05) is 0 Å². The van der Waals surface area contributed by atoms with Crippen LogP contribution < -0.4 is 0 Å².